The largest absolute Gasteiger partial charge is 0.351 e. The maximum atomic E-state index is 12.6. The summed E-state index contributed by atoms with van der Waals surface area (Å²) in [4.78, 5) is 31.2. The number of aromatic nitrogens is 2. The van der Waals surface area contributed by atoms with Gasteiger partial charge >= 0.3 is 0 Å². The minimum absolute atomic E-state index is 0.0293. The van der Waals surface area contributed by atoms with Gasteiger partial charge in [0, 0.05) is 26.2 Å². The van der Waals surface area contributed by atoms with E-state index >= 15 is 0 Å². The molecule has 2 aliphatic rings. The second-order valence-corrected chi connectivity index (χ2v) is 7.40. The lowest BCUT2D eigenvalue weighted by molar-refractivity contribution is -0.135. The highest BCUT2D eigenvalue weighted by atomic mass is 16.2. The zero-order valence-electron chi connectivity index (χ0n) is 14.8. The van der Waals surface area contributed by atoms with E-state index in [9.17, 15) is 9.59 Å². The Hall–Kier alpha value is -1.85. The van der Waals surface area contributed by atoms with E-state index in [2.05, 4.69) is 24.1 Å². The molecular formula is C18H28N4O2. The Morgan fingerprint density at radius 1 is 1.33 bits per heavy atom. The average Bonchev–Trinajstić information content (AvgIpc) is 3.22. The number of amides is 2. The second-order valence-electron chi connectivity index (χ2n) is 7.40. The first-order chi connectivity index (χ1) is 11.6. The molecule has 1 atom stereocenters. The van der Waals surface area contributed by atoms with Crippen LogP contribution in [0.3, 0.4) is 0 Å². The molecule has 1 N–H and O–H groups in total. The zero-order valence-corrected chi connectivity index (χ0v) is 14.8. The van der Waals surface area contributed by atoms with Crippen LogP contribution in [-0.4, -0.2) is 45.9 Å². The number of carbonyl (C=O) groups is 2. The minimum Gasteiger partial charge on any atom is -0.351 e. The molecule has 1 saturated heterocycles. The summed E-state index contributed by atoms with van der Waals surface area (Å²) in [5.41, 5.74) is 1.51. The third-order valence-electron chi connectivity index (χ3n) is 5.08. The predicted octanol–water partition coefficient (Wildman–Crippen LogP) is 1.84. The summed E-state index contributed by atoms with van der Waals surface area (Å²) in [7, 11) is 0. The lowest BCUT2D eigenvalue weighted by Crippen LogP contribution is -2.38. The molecule has 0 spiro atoms. The Balaban J connectivity index is 1.61. The van der Waals surface area contributed by atoms with Crippen LogP contribution in [0.5, 0.6) is 0 Å². The monoisotopic (exact) mass is 332 g/mol. The van der Waals surface area contributed by atoms with Gasteiger partial charge in [-0.25, -0.2) is 4.98 Å². The van der Waals surface area contributed by atoms with E-state index in [0.717, 1.165) is 50.9 Å². The molecule has 3 rings (SSSR count). The van der Waals surface area contributed by atoms with E-state index in [1.165, 1.54) is 0 Å². The summed E-state index contributed by atoms with van der Waals surface area (Å²) in [5.74, 6) is 0.781. The molecule has 1 aromatic rings. The number of fused-ring (bicyclic) bond motifs is 1. The van der Waals surface area contributed by atoms with E-state index in [0.29, 0.717) is 24.7 Å². The second kappa shape index (κ2) is 7.36. The number of imidazole rings is 1. The highest BCUT2D eigenvalue weighted by Gasteiger charge is 2.31. The third kappa shape index (κ3) is 3.62. The molecule has 6 nitrogen and oxygen atoms in total. The molecule has 0 aliphatic carbocycles. The number of hydrogen-bond donors (Lipinski definition) is 1. The Bertz CT molecular complexity index is 602. The molecule has 2 amide bonds. The Morgan fingerprint density at radius 2 is 2.08 bits per heavy atom. The topological polar surface area (TPSA) is 67.2 Å². The van der Waals surface area contributed by atoms with Gasteiger partial charge in [0.2, 0.25) is 5.91 Å². The smallest absolute Gasteiger partial charge is 0.271 e. The van der Waals surface area contributed by atoms with E-state index in [4.69, 9.17) is 0 Å². The maximum Gasteiger partial charge on any atom is 0.271 e. The Kier molecular flexibility index (Phi) is 5.21. The molecule has 2 aliphatic heterocycles. The predicted molar refractivity (Wildman–Crippen MR) is 91.6 cm³/mol. The van der Waals surface area contributed by atoms with Crippen LogP contribution < -0.4 is 5.32 Å². The van der Waals surface area contributed by atoms with Gasteiger partial charge in [-0.3, -0.25) is 9.59 Å². The Labute approximate surface area is 143 Å². The number of hydrogen-bond acceptors (Lipinski definition) is 3. The van der Waals surface area contributed by atoms with Crippen LogP contribution in [0.1, 0.15) is 55.7 Å². The van der Waals surface area contributed by atoms with E-state index < -0.39 is 0 Å². The fourth-order valence-electron chi connectivity index (χ4n) is 3.61. The molecule has 1 unspecified atom stereocenters. The molecule has 6 heteroatoms. The van der Waals surface area contributed by atoms with E-state index in [1.54, 1.807) is 6.33 Å². The number of nitrogens with zero attached hydrogens (tertiary/aromatic N) is 3. The minimum atomic E-state index is -0.0891. The summed E-state index contributed by atoms with van der Waals surface area (Å²) >= 11 is 0. The molecule has 1 aromatic heterocycles. The number of carbonyl (C=O) groups excluding carboxylic acids is 2. The zero-order chi connectivity index (χ0) is 17.1. The molecular weight excluding hydrogens is 304 g/mol. The number of nitrogens with one attached hydrogen (secondary N) is 1. The van der Waals surface area contributed by atoms with Crippen LogP contribution in [0.15, 0.2) is 6.33 Å². The van der Waals surface area contributed by atoms with Crippen molar-refractivity contribution in [1.29, 1.82) is 0 Å². The van der Waals surface area contributed by atoms with Gasteiger partial charge in [-0.2, -0.15) is 0 Å². The van der Waals surface area contributed by atoms with Crippen LogP contribution in [0.25, 0.3) is 0 Å². The standard InChI is InChI=1S/C18H28N4O2/c1-13(2)7-8-19-17(23)16-15-6-5-14(11-22(15)12-20-16)18(24)21-9-3-4-10-21/h12-14H,3-11H2,1-2H3,(H,19,23). The lowest BCUT2D eigenvalue weighted by Gasteiger charge is -2.27. The van der Waals surface area contributed by atoms with Crippen molar-refractivity contribution in [2.75, 3.05) is 19.6 Å². The van der Waals surface area contributed by atoms with E-state index in [-0.39, 0.29) is 17.7 Å². The van der Waals surface area contributed by atoms with Gasteiger partial charge in [0.1, 0.15) is 5.69 Å². The van der Waals surface area contributed by atoms with Crippen molar-refractivity contribution in [3.63, 3.8) is 0 Å². The van der Waals surface area contributed by atoms with Gasteiger partial charge in [0.25, 0.3) is 5.91 Å². The first-order valence-electron chi connectivity index (χ1n) is 9.17. The average molecular weight is 332 g/mol. The SMILES string of the molecule is CC(C)CCNC(=O)c1ncn2c1CCC(C(=O)N1CCCC1)C2. The van der Waals surface area contributed by atoms with Crippen LogP contribution in [0.2, 0.25) is 0 Å². The fourth-order valence-corrected chi connectivity index (χ4v) is 3.61. The molecule has 0 aromatic carbocycles. The normalized spacial score (nSPS) is 20.3. The molecule has 0 bridgehead atoms. The maximum absolute atomic E-state index is 12.6. The molecule has 0 saturated carbocycles. The van der Waals surface area contributed by atoms with Gasteiger partial charge in [0.05, 0.1) is 17.9 Å². The molecule has 132 valence electrons. The van der Waals surface area contributed by atoms with Crippen molar-refractivity contribution in [2.24, 2.45) is 11.8 Å². The van der Waals surface area contributed by atoms with Crippen molar-refractivity contribution >= 4 is 11.8 Å². The fraction of sp³-hybridized carbons (Fsp3) is 0.722. The summed E-state index contributed by atoms with van der Waals surface area (Å²) in [6, 6.07) is 0. The summed E-state index contributed by atoms with van der Waals surface area (Å²) in [5, 5.41) is 2.96. The van der Waals surface area contributed by atoms with Gasteiger partial charge in [-0.05, 0) is 38.0 Å². The molecule has 24 heavy (non-hydrogen) atoms. The highest BCUT2D eigenvalue weighted by Crippen LogP contribution is 2.25. The van der Waals surface area contributed by atoms with Gasteiger partial charge in [-0.1, -0.05) is 13.8 Å². The van der Waals surface area contributed by atoms with Crippen molar-refractivity contribution in [2.45, 2.75) is 52.5 Å². The lowest BCUT2D eigenvalue weighted by atomic mass is 9.95. The van der Waals surface area contributed by atoms with Gasteiger partial charge in [0.15, 0.2) is 0 Å². The van der Waals surface area contributed by atoms with Crippen molar-refractivity contribution < 1.29 is 9.59 Å². The Morgan fingerprint density at radius 3 is 2.79 bits per heavy atom. The number of rotatable bonds is 5. The number of likely N-dealkylation sites (tertiary alicyclic amines) is 1. The summed E-state index contributed by atoms with van der Waals surface area (Å²) < 4.78 is 2.00. The van der Waals surface area contributed by atoms with Crippen LogP contribution in [0.4, 0.5) is 0 Å². The van der Waals surface area contributed by atoms with Gasteiger partial charge in [-0.15, -0.1) is 0 Å². The van der Waals surface area contributed by atoms with Crippen molar-refractivity contribution in [1.82, 2.24) is 19.8 Å². The quantitative estimate of drug-likeness (QED) is 0.895. The van der Waals surface area contributed by atoms with Gasteiger partial charge < -0.3 is 14.8 Å². The van der Waals surface area contributed by atoms with Crippen LogP contribution >= 0.6 is 0 Å². The first kappa shape index (κ1) is 17.0. The highest BCUT2D eigenvalue weighted by molar-refractivity contribution is 5.93. The van der Waals surface area contributed by atoms with Crippen molar-refractivity contribution in [3.8, 4) is 0 Å². The van der Waals surface area contributed by atoms with Crippen LogP contribution in [0, 0.1) is 11.8 Å². The van der Waals surface area contributed by atoms with E-state index in [1.807, 2.05) is 9.47 Å². The molecule has 3 heterocycles. The first-order valence-corrected chi connectivity index (χ1v) is 9.17. The van der Waals surface area contributed by atoms with Crippen molar-refractivity contribution in [3.05, 3.63) is 17.7 Å². The molecule has 0 radical (unpaired) electrons. The third-order valence-corrected chi connectivity index (χ3v) is 5.08. The summed E-state index contributed by atoms with van der Waals surface area (Å²) in [6.07, 6.45) is 6.49. The molecule has 1 fully saturated rings. The van der Waals surface area contributed by atoms with Crippen LogP contribution in [-0.2, 0) is 17.8 Å². The summed E-state index contributed by atoms with van der Waals surface area (Å²) in [6.45, 7) is 7.41.